The fourth-order valence-corrected chi connectivity index (χ4v) is 5.31. The molecule has 9 heteroatoms. The van der Waals surface area contributed by atoms with Crippen LogP contribution in [0.15, 0.2) is 65.6 Å². The molecular weight excluding hydrogens is 456 g/mol. The van der Waals surface area contributed by atoms with Crippen molar-refractivity contribution in [2.24, 2.45) is 0 Å². The van der Waals surface area contributed by atoms with Crippen molar-refractivity contribution in [3.05, 3.63) is 77.4 Å². The lowest BCUT2D eigenvalue weighted by molar-refractivity contribution is 0.102. The van der Waals surface area contributed by atoms with Crippen molar-refractivity contribution in [3.8, 4) is 17.2 Å². The molecule has 8 nitrogen and oxygen atoms in total. The topological polar surface area (TPSA) is 94.2 Å². The summed E-state index contributed by atoms with van der Waals surface area (Å²) in [5.74, 6) is 1.24. The van der Waals surface area contributed by atoms with Crippen LogP contribution >= 0.6 is 0 Å². The van der Waals surface area contributed by atoms with Crippen LogP contribution in [0.2, 0.25) is 0 Å². The summed E-state index contributed by atoms with van der Waals surface area (Å²) in [7, 11) is 0.901. The Morgan fingerprint density at radius 3 is 2.24 bits per heavy atom. The maximum Gasteiger partial charge on any atom is 0.259 e. The third-order valence-corrected chi connectivity index (χ3v) is 7.65. The first-order chi connectivity index (χ1) is 16.3. The van der Waals surface area contributed by atoms with Crippen molar-refractivity contribution in [2.45, 2.75) is 17.9 Å². The lowest BCUT2D eigenvalue weighted by Crippen LogP contribution is -2.36. The van der Waals surface area contributed by atoms with E-state index in [9.17, 15) is 13.2 Å². The highest BCUT2D eigenvalue weighted by Gasteiger charge is 2.28. The molecule has 1 N–H and O–H groups in total. The van der Waals surface area contributed by atoms with Gasteiger partial charge in [-0.2, -0.15) is 4.31 Å². The summed E-state index contributed by atoms with van der Waals surface area (Å²) in [6.45, 7) is 0.607. The molecule has 0 atom stereocenters. The predicted octanol–water partition coefficient (Wildman–Crippen LogP) is 3.71. The summed E-state index contributed by atoms with van der Waals surface area (Å²) < 4.78 is 43.4. The molecule has 0 unspecified atom stereocenters. The molecule has 0 spiro atoms. The average Bonchev–Trinajstić information content (AvgIpc) is 2.87. The Balaban J connectivity index is 1.54. The molecule has 3 aromatic carbocycles. The Bertz CT molecular complexity index is 1310. The van der Waals surface area contributed by atoms with E-state index >= 15 is 0 Å². The molecule has 1 amide bonds. The van der Waals surface area contributed by atoms with Crippen molar-refractivity contribution < 1.29 is 27.4 Å². The fraction of sp³-hybridized carbons (Fsp3) is 0.240. The molecule has 0 saturated heterocycles. The van der Waals surface area contributed by atoms with Gasteiger partial charge in [-0.05, 0) is 66.1 Å². The van der Waals surface area contributed by atoms with Crippen molar-refractivity contribution in [1.82, 2.24) is 4.31 Å². The summed E-state index contributed by atoms with van der Waals surface area (Å²) >= 11 is 0. The first-order valence-electron chi connectivity index (χ1n) is 10.6. The summed E-state index contributed by atoms with van der Waals surface area (Å²) in [4.78, 5) is 13.1. The van der Waals surface area contributed by atoms with Gasteiger partial charge in [0.2, 0.25) is 10.0 Å². The number of benzene rings is 3. The number of amides is 1. The van der Waals surface area contributed by atoms with E-state index < -0.39 is 10.0 Å². The van der Waals surface area contributed by atoms with E-state index in [1.807, 2.05) is 18.2 Å². The van der Waals surface area contributed by atoms with Gasteiger partial charge in [-0.15, -0.1) is 0 Å². The standard InChI is InChI=1S/C25H26N2O6S/c1-31-20-6-9-22(10-7-20)34(29,30)27-13-12-17-4-5-19(14-18(17)16-27)26-25(28)23-11-8-21(32-2)15-24(23)33-3/h4-11,14-15H,12-13,16H2,1-3H3,(H,26,28). The highest BCUT2D eigenvalue weighted by Crippen LogP contribution is 2.29. The average molecular weight is 483 g/mol. The van der Waals surface area contributed by atoms with Crippen LogP contribution in [-0.2, 0) is 23.0 Å². The van der Waals surface area contributed by atoms with Gasteiger partial charge < -0.3 is 19.5 Å². The van der Waals surface area contributed by atoms with Crippen LogP contribution in [0.5, 0.6) is 17.2 Å². The van der Waals surface area contributed by atoms with Gasteiger partial charge in [0.25, 0.3) is 5.91 Å². The third-order valence-electron chi connectivity index (χ3n) is 5.79. The molecule has 178 valence electrons. The molecule has 0 radical (unpaired) electrons. The van der Waals surface area contributed by atoms with Crippen LogP contribution in [0.25, 0.3) is 0 Å². The van der Waals surface area contributed by atoms with E-state index in [1.165, 1.54) is 18.5 Å². The zero-order valence-electron chi connectivity index (χ0n) is 19.2. The Morgan fingerprint density at radius 1 is 0.853 bits per heavy atom. The van der Waals surface area contributed by atoms with E-state index in [0.717, 1.165) is 11.1 Å². The Morgan fingerprint density at radius 2 is 1.56 bits per heavy atom. The molecule has 4 rings (SSSR count). The van der Waals surface area contributed by atoms with Crippen molar-refractivity contribution in [2.75, 3.05) is 33.2 Å². The number of nitrogens with one attached hydrogen (secondary N) is 1. The monoisotopic (exact) mass is 482 g/mol. The minimum absolute atomic E-state index is 0.216. The lowest BCUT2D eigenvalue weighted by atomic mass is 10.0. The molecule has 1 aliphatic rings. The number of hydrogen-bond acceptors (Lipinski definition) is 6. The number of anilines is 1. The Labute approximate surface area is 199 Å². The number of nitrogens with zero attached hydrogens (tertiary/aromatic N) is 1. The minimum Gasteiger partial charge on any atom is -0.497 e. The van der Waals surface area contributed by atoms with Crippen molar-refractivity contribution in [3.63, 3.8) is 0 Å². The molecule has 0 bridgehead atoms. The van der Waals surface area contributed by atoms with Gasteiger partial charge in [-0.25, -0.2) is 8.42 Å². The summed E-state index contributed by atoms with van der Waals surface area (Å²) in [5, 5.41) is 2.88. The number of hydrogen-bond donors (Lipinski definition) is 1. The minimum atomic E-state index is -3.66. The van der Waals surface area contributed by atoms with Crippen LogP contribution in [0.1, 0.15) is 21.5 Å². The van der Waals surface area contributed by atoms with Crippen LogP contribution in [0, 0.1) is 0 Å². The van der Waals surface area contributed by atoms with Gasteiger partial charge in [0.15, 0.2) is 0 Å². The summed E-state index contributed by atoms with van der Waals surface area (Å²) in [6.07, 6.45) is 0.589. The molecule has 1 aliphatic heterocycles. The summed E-state index contributed by atoms with van der Waals surface area (Å²) in [6, 6.07) is 16.9. The van der Waals surface area contributed by atoms with E-state index in [-0.39, 0.29) is 17.3 Å². The first-order valence-corrected chi connectivity index (χ1v) is 12.1. The predicted molar refractivity (Wildman–Crippen MR) is 128 cm³/mol. The maximum absolute atomic E-state index is 13.2. The van der Waals surface area contributed by atoms with Gasteiger partial charge in [-0.1, -0.05) is 6.07 Å². The zero-order valence-corrected chi connectivity index (χ0v) is 20.0. The number of carbonyl (C=O) groups is 1. The second-order valence-electron chi connectivity index (χ2n) is 7.77. The molecule has 0 fully saturated rings. The van der Waals surface area contributed by atoms with Crippen LogP contribution < -0.4 is 19.5 Å². The van der Waals surface area contributed by atoms with Crippen LogP contribution in [0.3, 0.4) is 0 Å². The zero-order chi connectivity index (χ0) is 24.3. The number of fused-ring (bicyclic) bond motifs is 1. The third kappa shape index (κ3) is 4.71. The van der Waals surface area contributed by atoms with Crippen molar-refractivity contribution >= 4 is 21.6 Å². The number of sulfonamides is 1. The van der Waals surface area contributed by atoms with Gasteiger partial charge in [0.1, 0.15) is 17.2 Å². The van der Waals surface area contributed by atoms with Crippen molar-refractivity contribution in [1.29, 1.82) is 0 Å². The van der Waals surface area contributed by atoms with Gasteiger partial charge in [0.05, 0.1) is 31.8 Å². The largest absolute Gasteiger partial charge is 0.497 e. The lowest BCUT2D eigenvalue weighted by Gasteiger charge is -2.28. The molecule has 0 aliphatic carbocycles. The van der Waals surface area contributed by atoms with E-state index in [2.05, 4.69) is 5.32 Å². The highest BCUT2D eigenvalue weighted by atomic mass is 32.2. The second kappa shape index (κ2) is 9.74. The number of rotatable bonds is 7. The van der Waals surface area contributed by atoms with E-state index in [1.54, 1.807) is 49.6 Å². The number of ether oxygens (including phenoxy) is 3. The Hall–Kier alpha value is -3.56. The second-order valence-corrected chi connectivity index (χ2v) is 9.71. The van der Waals surface area contributed by atoms with Gasteiger partial charge >= 0.3 is 0 Å². The molecule has 34 heavy (non-hydrogen) atoms. The van der Waals surface area contributed by atoms with E-state index in [4.69, 9.17) is 14.2 Å². The molecule has 3 aromatic rings. The van der Waals surface area contributed by atoms with Gasteiger partial charge in [0, 0.05) is 24.8 Å². The quantitative estimate of drug-likeness (QED) is 0.552. The van der Waals surface area contributed by atoms with Crippen LogP contribution in [-0.4, -0.2) is 46.5 Å². The smallest absolute Gasteiger partial charge is 0.259 e. The fourth-order valence-electron chi connectivity index (χ4n) is 3.90. The highest BCUT2D eigenvalue weighted by molar-refractivity contribution is 7.89. The molecule has 0 aromatic heterocycles. The molecule has 0 saturated carbocycles. The van der Waals surface area contributed by atoms with Gasteiger partial charge in [-0.3, -0.25) is 4.79 Å². The summed E-state index contributed by atoms with van der Waals surface area (Å²) in [5.41, 5.74) is 2.85. The van der Waals surface area contributed by atoms with E-state index in [0.29, 0.717) is 41.5 Å². The first kappa shape index (κ1) is 23.6. The Kier molecular flexibility index (Phi) is 6.76. The molecule has 1 heterocycles. The SMILES string of the molecule is COc1ccc(S(=O)(=O)N2CCc3ccc(NC(=O)c4ccc(OC)cc4OC)cc3C2)cc1. The normalized spacial score (nSPS) is 13.6. The number of carbonyl (C=O) groups excluding carboxylic acids is 1. The maximum atomic E-state index is 13.2. The van der Waals surface area contributed by atoms with Crippen LogP contribution in [0.4, 0.5) is 5.69 Å². The molecular formula is C25H26N2O6S. The number of methoxy groups -OCH3 is 3.